The van der Waals surface area contributed by atoms with Crippen molar-refractivity contribution in [3.8, 4) is 5.75 Å². The van der Waals surface area contributed by atoms with Gasteiger partial charge in [-0.05, 0) is 31.9 Å². The van der Waals surface area contributed by atoms with Crippen molar-refractivity contribution in [1.82, 2.24) is 0 Å². The van der Waals surface area contributed by atoms with Gasteiger partial charge < -0.3 is 9.84 Å². The monoisotopic (exact) mass is 192 g/mol. The van der Waals surface area contributed by atoms with Gasteiger partial charge in [0, 0.05) is 11.5 Å². The van der Waals surface area contributed by atoms with Crippen LogP contribution in [-0.2, 0) is 0 Å². The van der Waals surface area contributed by atoms with Gasteiger partial charge in [0.25, 0.3) is 0 Å². The van der Waals surface area contributed by atoms with Crippen LogP contribution in [-0.4, -0.2) is 17.8 Å². The molecule has 14 heavy (non-hydrogen) atoms. The fourth-order valence-electron chi connectivity index (χ4n) is 2.17. The molecule has 2 heteroatoms. The molecule has 2 nitrogen and oxygen atoms in total. The fourth-order valence-corrected chi connectivity index (χ4v) is 2.17. The molecule has 0 aromatic heterocycles. The van der Waals surface area contributed by atoms with Crippen LogP contribution >= 0.6 is 0 Å². The van der Waals surface area contributed by atoms with Crippen molar-refractivity contribution >= 4 is 0 Å². The van der Waals surface area contributed by atoms with E-state index in [4.69, 9.17) is 4.74 Å². The SMILES string of the molecule is Cc1cccc2c1C(CC(C)O)CO2. The zero-order valence-electron chi connectivity index (χ0n) is 8.66. The van der Waals surface area contributed by atoms with Gasteiger partial charge in [-0.15, -0.1) is 0 Å². The van der Waals surface area contributed by atoms with E-state index < -0.39 is 0 Å². The van der Waals surface area contributed by atoms with E-state index in [-0.39, 0.29) is 6.10 Å². The number of fused-ring (bicyclic) bond motifs is 1. The third-order valence-corrected chi connectivity index (χ3v) is 2.76. The highest BCUT2D eigenvalue weighted by Crippen LogP contribution is 2.38. The van der Waals surface area contributed by atoms with E-state index in [0.29, 0.717) is 12.5 Å². The first-order chi connectivity index (χ1) is 6.68. The Balaban J connectivity index is 2.29. The number of aryl methyl sites for hydroxylation is 1. The lowest BCUT2D eigenvalue weighted by Gasteiger charge is -2.12. The second-order valence-electron chi connectivity index (χ2n) is 4.08. The summed E-state index contributed by atoms with van der Waals surface area (Å²) >= 11 is 0. The molecule has 0 saturated carbocycles. The molecular weight excluding hydrogens is 176 g/mol. The smallest absolute Gasteiger partial charge is 0.123 e. The number of hydrogen-bond donors (Lipinski definition) is 1. The number of aliphatic hydroxyl groups is 1. The Labute approximate surface area is 84.5 Å². The van der Waals surface area contributed by atoms with Crippen LogP contribution in [0.25, 0.3) is 0 Å². The Morgan fingerprint density at radius 3 is 3.07 bits per heavy atom. The molecule has 0 amide bonds. The third kappa shape index (κ3) is 1.62. The van der Waals surface area contributed by atoms with Gasteiger partial charge in [-0.2, -0.15) is 0 Å². The number of benzene rings is 1. The molecule has 1 aromatic carbocycles. The first-order valence-corrected chi connectivity index (χ1v) is 5.09. The summed E-state index contributed by atoms with van der Waals surface area (Å²) in [6.45, 7) is 4.64. The minimum atomic E-state index is -0.255. The van der Waals surface area contributed by atoms with Crippen LogP contribution in [0.5, 0.6) is 5.75 Å². The van der Waals surface area contributed by atoms with Crippen molar-refractivity contribution in [2.75, 3.05) is 6.61 Å². The molecule has 1 aliphatic rings. The number of aliphatic hydroxyl groups excluding tert-OH is 1. The Bertz CT molecular complexity index is 331. The summed E-state index contributed by atoms with van der Waals surface area (Å²) in [6, 6.07) is 6.12. The van der Waals surface area contributed by atoms with Crippen molar-refractivity contribution < 1.29 is 9.84 Å². The maximum atomic E-state index is 9.37. The molecule has 2 unspecified atom stereocenters. The van der Waals surface area contributed by atoms with Crippen LogP contribution in [0.4, 0.5) is 0 Å². The molecule has 0 bridgehead atoms. The standard InChI is InChI=1S/C12H16O2/c1-8-4-3-5-11-12(8)10(7-14-11)6-9(2)13/h3-5,9-10,13H,6-7H2,1-2H3. The molecule has 0 spiro atoms. The van der Waals surface area contributed by atoms with E-state index in [1.54, 1.807) is 0 Å². The molecule has 0 radical (unpaired) electrons. The van der Waals surface area contributed by atoms with Gasteiger partial charge in [0.05, 0.1) is 12.7 Å². The van der Waals surface area contributed by atoms with Gasteiger partial charge in [-0.3, -0.25) is 0 Å². The molecule has 1 heterocycles. The lowest BCUT2D eigenvalue weighted by atomic mass is 9.92. The summed E-state index contributed by atoms with van der Waals surface area (Å²) in [5.74, 6) is 1.36. The van der Waals surface area contributed by atoms with Crippen LogP contribution in [0.3, 0.4) is 0 Å². The van der Waals surface area contributed by atoms with Crippen molar-refractivity contribution in [2.45, 2.75) is 32.3 Å². The number of rotatable bonds is 2. The van der Waals surface area contributed by atoms with E-state index in [9.17, 15) is 5.11 Å². The van der Waals surface area contributed by atoms with Crippen molar-refractivity contribution in [1.29, 1.82) is 0 Å². The molecule has 0 fully saturated rings. The summed E-state index contributed by atoms with van der Waals surface area (Å²) in [7, 11) is 0. The number of hydrogen-bond acceptors (Lipinski definition) is 2. The van der Waals surface area contributed by atoms with Crippen LogP contribution in [0, 0.1) is 6.92 Å². The normalized spacial score (nSPS) is 21.5. The molecule has 1 aliphatic heterocycles. The largest absolute Gasteiger partial charge is 0.493 e. The van der Waals surface area contributed by atoms with Crippen LogP contribution in [0.1, 0.15) is 30.4 Å². The average Bonchev–Trinajstić information content (AvgIpc) is 2.49. The zero-order chi connectivity index (χ0) is 10.1. The van der Waals surface area contributed by atoms with Gasteiger partial charge in [-0.1, -0.05) is 12.1 Å². The van der Waals surface area contributed by atoms with Gasteiger partial charge in [0.2, 0.25) is 0 Å². The maximum absolute atomic E-state index is 9.37. The van der Waals surface area contributed by atoms with Crippen LogP contribution < -0.4 is 4.74 Å². The third-order valence-electron chi connectivity index (χ3n) is 2.76. The Kier molecular flexibility index (Phi) is 2.46. The topological polar surface area (TPSA) is 29.5 Å². The van der Waals surface area contributed by atoms with Crippen LogP contribution in [0.15, 0.2) is 18.2 Å². The summed E-state index contributed by atoms with van der Waals surface area (Å²) < 4.78 is 5.58. The lowest BCUT2D eigenvalue weighted by Crippen LogP contribution is -2.10. The van der Waals surface area contributed by atoms with Crippen molar-refractivity contribution in [3.63, 3.8) is 0 Å². The van der Waals surface area contributed by atoms with Crippen molar-refractivity contribution in [2.24, 2.45) is 0 Å². The first kappa shape index (κ1) is 9.53. The minimum absolute atomic E-state index is 0.255. The van der Waals surface area contributed by atoms with E-state index in [1.807, 2.05) is 19.1 Å². The predicted molar refractivity (Wildman–Crippen MR) is 55.7 cm³/mol. The van der Waals surface area contributed by atoms with Crippen molar-refractivity contribution in [3.05, 3.63) is 29.3 Å². The highest BCUT2D eigenvalue weighted by Gasteiger charge is 2.26. The average molecular weight is 192 g/mol. The summed E-state index contributed by atoms with van der Waals surface area (Å²) in [4.78, 5) is 0. The quantitative estimate of drug-likeness (QED) is 0.778. The molecule has 2 rings (SSSR count). The van der Waals surface area contributed by atoms with E-state index in [2.05, 4.69) is 13.0 Å². The maximum Gasteiger partial charge on any atom is 0.123 e. The lowest BCUT2D eigenvalue weighted by molar-refractivity contribution is 0.167. The van der Waals surface area contributed by atoms with Gasteiger partial charge >= 0.3 is 0 Å². The zero-order valence-corrected chi connectivity index (χ0v) is 8.66. The highest BCUT2D eigenvalue weighted by molar-refractivity contribution is 5.45. The second kappa shape index (κ2) is 3.62. The molecule has 76 valence electrons. The summed E-state index contributed by atoms with van der Waals surface area (Å²) in [5.41, 5.74) is 2.55. The highest BCUT2D eigenvalue weighted by atomic mass is 16.5. The fraction of sp³-hybridized carbons (Fsp3) is 0.500. The molecule has 1 N–H and O–H groups in total. The van der Waals surface area contributed by atoms with Gasteiger partial charge in [0.1, 0.15) is 5.75 Å². The van der Waals surface area contributed by atoms with Crippen LogP contribution in [0.2, 0.25) is 0 Å². The predicted octanol–water partition coefficient (Wildman–Crippen LogP) is 2.24. The molecule has 0 aliphatic carbocycles. The molecule has 2 atom stereocenters. The Hall–Kier alpha value is -1.02. The van der Waals surface area contributed by atoms with E-state index in [1.165, 1.54) is 11.1 Å². The number of ether oxygens (including phenoxy) is 1. The molecular formula is C12H16O2. The van der Waals surface area contributed by atoms with E-state index in [0.717, 1.165) is 12.2 Å². The van der Waals surface area contributed by atoms with Gasteiger partial charge in [0.15, 0.2) is 0 Å². The Morgan fingerprint density at radius 2 is 2.36 bits per heavy atom. The summed E-state index contributed by atoms with van der Waals surface area (Å²) in [5, 5.41) is 9.37. The molecule has 0 saturated heterocycles. The Morgan fingerprint density at radius 1 is 1.57 bits per heavy atom. The van der Waals surface area contributed by atoms with E-state index >= 15 is 0 Å². The van der Waals surface area contributed by atoms with Gasteiger partial charge in [-0.25, -0.2) is 0 Å². The summed E-state index contributed by atoms with van der Waals surface area (Å²) in [6.07, 6.45) is 0.534. The molecule has 1 aromatic rings. The second-order valence-corrected chi connectivity index (χ2v) is 4.08. The minimum Gasteiger partial charge on any atom is -0.493 e. The first-order valence-electron chi connectivity index (χ1n) is 5.09.